The van der Waals surface area contributed by atoms with Crippen LogP contribution in [-0.4, -0.2) is 52.9 Å². The van der Waals surface area contributed by atoms with Gasteiger partial charge in [-0.2, -0.15) is 0 Å². The zero-order valence-electron chi connectivity index (χ0n) is 22.4. The first-order valence-electron chi connectivity index (χ1n) is 13.7. The monoisotopic (exact) mass is 538 g/mol. The van der Waals surface area contributed by atoms with Gasteiger partial charge in [-0.25, -0.2) is 14.4 Å². The van der Waals surface area contributed by atoms with Gasteiger partial charge in [0, 0.05) is 43.3 Å². The number of hydrogen-bond donors (Lipinski definition) is 2. The van der Waals surface area contributed by atoms with Crippen LogP contribution in [0.2, 0.25) is 0 Å². The quantitative estimate of drug-likeness (QED) is 0.352. The van der Waals surface area contributed by atoms with Gasteiger partial charge in [0.1, 0.15) is 5.56 Å². The maximum Gasteiger partial charge on any atom is 0.259 e. The number of benzene rings is 3. The number of carbonyl (C=O) groups is 2. The van der Waals surface area contributed by atoms with Crippen molar-refractivity contribution in [2.75, 3.05) is 42.1 Å². The Morgan fingerprint density at radius 3 is 2.48 bits per heavy atom. The van der Waals surface area contributed by atoms with Crippen LogP contribution in [0.25, 0.3) is 22.0 Å². The molecule has 9 heteroatoms. The minimum atomic E-state index is -0.684. The van der Waals surface area contributed by atoms with Gasteiger partial charge in [0.05, 0.1) is 16.9 Å². The highest BCUT2D eigenvalue weighted by atomic mass is 19.1. The molecule has 0 saturated carbocycles. The van der Waals surface area contributed by atoms with Crippen LogP contribution in [0.4, 0.5) is 21.7 Å². The minimum absolute atomic E-state index is 0.00179. The number of fused-ring (bicyclic) bond motifs is 1. The number of amides is 2. The van der Waals surface area contributed by atoms with Gasteiger partial charge in [0.2, 0.25) is 5.95 Å². The van der Waals surface area contributed by atoms with E-state index in [0.717, 1.165) is 66.4 Å². The smallest absolute Gasteiger partial charge is 0.259 e. The van der Waals surface area contributed by atoms with Crippen molar-refractivity contribution in [1.29, 1.82) is 0 Å². The summed E-state index contributed by atoms with van der Waals surface area (Å²) < 4.78 is 16.0. The van der Waals surface area contributed by atoms with E-state index in [2.05, 4.69) is 20.2 Å². The van der Waals surface area contributed by atoms with Crippen molar-refractivity contribution >= 4 is 40.0 Å². The number of nitrogens with one attached hydrogen (secondary N) is 1. The van der Waals surface area contributed by atoms with E-state index < -0.39 is 11.7 Å². The molecule has 40 heavy (non-hydrogen) atoms. The number of aryl methyl sites for hydroxylation is 1. The van der Waals surface area contributed by atoms with E-state index in [0.29, 0.717) is 24.3 Å². The normalized spacial score (nSPS) is 15.2. The number of anilines is 3. The van der Waals surface area contributed by atoms with Crippen molar-refractivity contribution in [1.82, 2.24) is 14.9 Å². The van der Waals surface area contributed by atoms with E-state index in [1.807, 2.05) is 31.2 Å². The third-order valence-electron chi connectivity index (χ3n) is 7.83. The van der Waals surface area contributed by atoms with E-state index in [1.165, 1.54) is 0 Å². The molecule has 1 aromatic heterocycles. The fraction of sp³-hybridized carbons (Fsp3) is 0.290. The van der Waals surface area contributed by atoms with Crippen molar-refractivity contribution in [3.63, 3.8) is 0 Å². The number of nitrogens with zero attached hydrogens (tertiary/aromatic N) is 4. The Labute approximate surface area is 232 Å². The Morgan fingerprint density at radius 1 is 0.950 bits per heavy atom. The predicted octanol–water partition coefficient (Wildman–Crippen LogP) is 5.42. The first-order valence-corrected chi connectivity index (χ1v) is 13.7. The molecule has 2 aliphatic heterocycles. The molecule has 3 heterocycles. The number of rotatable bonds is 5. The number of nitrogen functional groups attached to an aromatic ring is 1. The summed E-state index contributed by atoms with van der Waals surface area (Å²) in [5.41, 5.74) is 10.2. The molecule has 2 aliphatic rings. The second-order valence-corrected chi connectivity index (χ2v) is 10.5. The van der Waals surface area contributed by atoms with Gasteiger partial charge in [0.15, 0.2) is 5.82 Å². The fourth-order valence-corrected chi connectivity index (χ4v) is 5.65. The highest BCUT2D eigenvalue weighted by Gasteiger charge is 2.30. The molecule has 0 aliphatic carbocycles. The van der Waals surface area contributed by atoms with E-state index in [9.17, 15) is 9.59 Å². The maximum atomic E-state index is 16.0. The highest BCUT2D eigenvalue weighted by Crippen LogP contribution is 2.33. The van der Waals surface area contributed by atoms with Gasteiger partial charge in [-0.05, 0) is 85.7 Å². The van der Waals surface area contributed by atoms with Crippen LogP contribution < -0.4 is 16.0 Å². The van der Waals surface area contributed by atoms with Crippen LogP contribution in [0.5, 0.6) is 0 Å². The van der Waals surface area contributed by atoms with Gasteiger partial charge >= 0.3 is 0 Å². The third kappa shape index (κ3) is 4.83. The summed E-state index contributed by atoms with van der Waals surface area (Å²) in [5.74, 6) is -1.24. The van der Waals surface area contributed by atoms with Crippen molar-refractivity contribution in [2.24, 2.45) is 0 Å². The molecule has 4 aromatic rings. The molecule has 0 atom stereocenters. The van der Waals surface area contributed by atoms with E-state index >= 15 is 4.39 Å². The molecule has 2 saturated heterocycles. The van der Waals surface area contributed by atoms with Crippen molar-refractivity contribution in [3.8, 4) is 11.1 Å². The summed E-state index contributed by atoms with van der Waals surface area (Å²) in [6, 6.07) is 14.4. The summed E-state index contributed by atoms with van der Waals surface area (Å²) >= 11 is 0. The predicted molar refractivity (Wildman–Crippen MR) is 155 cm³/mol. The number of likely N-dealkylation sites (tertiary alicyclic amines) is 1. The van der Waals surface area contributed by atoms with Gasteiger partial charge in [-0.15, -0.1) is 0 Å². The zero-order chi connectivity index (χ0) is 27.8. The second-order valence-electron chi connectivity index (χ2n) is 10.5. The van der Waals surface area contributed by atoms with Crippen molar-refractivity contribution in [3.05, 3.63) is 77.2 Å². The van der Waals surface area contributed by atoms with Crippen molar-refractivity contribution in [2.45, 2.75) is 32.6 Å². The van der Waals surface area contributed by atoms with Crippen LogP contribution in [0, 0.1) is 12.7 Å². The van der Waals surface area contributed by atoms with E-state index in [1.54, 1.807) is 35.4 Å². The van der Waals surface area contributed by atoms with Crippen LogP contribution >= 0.6 is 0 Å². The topological polar surface area (TPSA) is 104 Å². The van der Waals surface area contributed by atoms with Gasteiger partial charge < -0.3 is 20.9 Å². The van der Waals surface area contributed by atoms with E-state index in [-0.39, 0.29) is 23.1 Å². The minimum Gasteiger partial charge on any atom is -0.371 e. The highest BCUT2D eigenvalue weighted by molar-refractivity contribution is 6.07. The number of hydrogen-bond acceptors (Lipinski definition) is 6. The Kier molecular flexibility index (Phi) is 6.79. The first kappa shape index (κ1) is 25.7. The average molecular weight is 539 g/mol. The lowest BCUT2D eigenvalue weighted by Gasteiger charge is -2.25. The molecular weight excluding hydrogens is 507 g/mol. The lowest BCUT2D eigenvalue weighted by Crippen LogP contribution is -2.31. The Hall–Kier alpha value is -4.53. The van der Waals surface area contributed by atoms with E-state index in [4.69, 9.17) is 5.73 Å². The van der Waals surface area contributed by atoms with Crippen molar-refractivity contribution < 1.29 is 14.0 Å². The molecule has 3 N–H and O–H groups in total. The van der Waals surface area contributed by atoms with Gasteiger partial charge in [0.25, 0.3) is 11.8 Å². The van der Waals surface area contributed by atoms with Gasteiger partial charge in [-0.3, -0.25) is 9.59 Å². The summed E-state index contributed by atoms with van der Waals surface area (Å²) in [6.45, 7) is 4.77. The van der Waals surface area contributed by atoms with Crippen LogP contribution in [-0.2, 0) is 0 Å². The second kappa shape index (κ2) is 10.6. The molecular formula is C31H31FN6O2. The lowest BCUT2D eigenvalue weighted by atomic mass is 9.97. The summed E-state index contributed by atoms with van der Waals surface area (Å²) in [6.07, 6.45) is 5.51. The molecule has 204 valence electrons. The molecule has 0 unspecified atom stereocenters. The molecule has 0 spiro atoms. The summed E-state index contributed by atoms with van der Waals surface area (Å²) in [5, 5.41) is 3.56. The van der Waals surface area contributed by atoms with Crippen LogP contribution in [0.1, 0.15) is 52.0 Å². The molecule has 3 aromatic carbocycles. The number of aromatic nitrogens is 2. The Balaban J connectivity index is 1.32. The summed E-state index contributed by atoms with van der Waals surface area (Å²) in [4.78, 5) is 38.9. The molecule has 2 amide bonds. The number of halogens is 1. The van der Waals surface area contributed by atoms with Crippen LogP contribution in [0.15, 0.2) is 54.7 Å². The zero-order valence-corrected chi connectivity index (χ0v) is 22.4. The molecule has 0 radical (unpaired) electrons. The van der Waals surface area contributed by atoms with Crippen LogP contribution in [0.3, 0.4) is 0 Å². The molecule has 2 fully saturated rings. The van der Waals surface area contributed by atoms with Gasteiger partial charge in [-0.1, -0.05) is 12.1 Å². The SMILES string of the molecule is Cc1ccc(C(=O)Nc2ccc(N3CCCC3)c(C(=O)N3CCCC3)c2F)cc1-c1ccc2nc(N)ncc2c1. The maximum absolute atomic E-state index is 16.0. The molecule has 6 rings (SSSR count). The first-order chi connectivity index (χ1) is 19.4. The Morgan fingerprint density at radius 2 is 1.70 bits per heavy atom. The average Bonchev–Trinajstić information content (AvgIpc) is 3.69. The standard InChI is InChI=1S/C31H31FN6O2/c1-19-6-7-21(17-23(19)20-8-9-24-22(16-20)18-34-31(33)36-24)29(39)35-25-10-11-26(37-12-2-3-13-37)27(28(25)32)30(40)38-14-4-5-15-38/h6-11,16-18H,2-5,12-15H2,1H3,(H,35,39)(H2,33,34,36). The lowest BCUT2D eigenvalue weighted by molar-refractivity contribution is 0.0788. The fourth-order valence-electron chi connectivity index (χ4n) is 5.65. The molecule has 0 bridgehead atoms. The largest absolute Gasteiger partial charge is 0.371 e. The summed E-state index contributed by atoms with van der Waals surface area (Å²) in [7, 11) is 0. The number of carbonyl (C=O) groups excluding carboxylic acids is 2. The Bertz CT molecular complexity index is 1630. The third-order valence-corrected chi connectivity index (χ3v) is 7.83. The number of nitrogens with two attached hydrogens (primary N) is 1. The molecule has 8 nitrogen and oxygen atoms in total.